The Labute approximate surface area is 71.2 Å². The van der Waals surface area contributed by atoms with Gasteiger partial charge in [0.25, 0.3) is 0 Å². The summed E-state index contributed by atoms with van der Waals surface area (Å²) in [7, 11) is 0. The molecule has 0 heterocycles. The Morgan fingerprint density at radius 2 is 2.00 bits per heavy atom. The Hall–Kier alpha value is -0.900. The Balaban J connectivity index is 3.59. The van der Waals surface area contributed by atoms with Gasteiger partial charge in [-0.2, -0.15) is 0 Å². The molecular formula is C8H14O4. The maximum Gasteiger partial charge on any atom is 0.308 e. The van der Waals surface area contributed by atoms with Crippen LogP contribution >= 0.6 is 0 Å². The first-order valence-electron chi connectivity index (χ1n) is 3.91. The molecule has 0 aliphatic carbocycles. The standard InChI is InChI=1S/C8H14O4/c1-6(10)3-2-4-7(5-9)8(11)12/h7,9H,2-5H2,1H3,(H,11,12)/t7-/m1/s1. The number of carboxylic acid groups (broad SMARTS) is 1. The molecule has 0 amide bonds. The van der Waals surface area contributed by atoms with E-state index in [1.807, 2.05) is 0 Å². The van der Waals surface area contributed by atoms with Crippen LogP contribution in [0.15, 0.2) is 0 Å². The molecule has 4 nitrogen and oxygen atoms in total. The molecule has 1 atom stereocenters. The lowest BCUT2D eigenvalue weighted by atomic mass is 10.0. The van der Waals surface area contributed by atoms with E-state index < -0.39 is 11.9 Å². The van der Waals surface area contributed by atoms with Crippen molar-refractivity contribution in [2.45, 2.75) is 26.2 Å². The van der Waals surface area contributed by atoms with Gasteiger partial charge in [0.1, 0.15) is 5.78 Å². The third-order valence-corrected chi connectivity index (χ3v) is 1.65. The Kier molecular flexibility index (Phi) is 5.28. The number of carbonyl (C=O) groups excluding carboxylic acids is 1. The third-order valence-electron chi connectivity index (χ3n) is 1.65. The first-order valence-corrected chi connectivity index (χ1v) is 3.91. The number of rotatable bonds is 6. The molecule has 0 bridgehead atoms. The summed E-state index contributed by atoms with van der Waals surface area (Å²) < 4.78 is 0. The van der Waals surface area contributed by atoms with E-state index in [9.17, 15) is 9.59 Å². The molecule has 0 aromatic carbocycles. The maximum absolute atomic E-state index is 10.5. The highest BCUT2D eigenvalue weighted by Crippen LogP contribution is 2.08. The van der Waals surface area contributed by atoms with Gasteiger partial charge in [-0.1, -0.05) is 0 Å². The molecule has 70 valence electrons. The highest BCUT2D eigenvalue weighted by Gasteiger charge is 2.15. The second-order valence-electron chi connectivity index (χ2n) is 2.81. The molecule has 0 aromatic rings. The molecule has 0 saturated heterocycles. The van der Waals surface area contributed by atoms with Crippen LogP contribution in [0.5, 0.6) is 0 Å². The largest absolute Gasteiger partial charge is 0.481 e. The fourth-order valence-electron chi connectivity index (χ4n) is 0.890. The molecule has 0 unspecified atom stereocenters. The summed E-state index contributed by atoms with van der Waals surface area (Å²) >= 11 is 0. The number of carbonyl (C=O) groups is 2. The number of ketones is 1. The van der Waals surface area contributed by atoms with E-state index in [1.54, 1.807) is 0 Å². The summed E-state index contributed by atoms with van der Waals surface area (Å²) in [5.74, 6) is -1.66. The number of hydrogen-bond donors (Lipinski definition) is 2. The van der Waals surface area contributed by atoms with E-state index in [2.05, 4.69) is 0 Å². The van der Waals surface area contributed by atoms with E-state index in [4.69, 9.17) is 10.2 Å². The first kappa shape index (κ1) is 11.1. The van der Waals surface area contributed by atoms with Crippen molar-refractivity contribution in [2.75, 3.05) is 6.61 Å². The zero-order chi connectivity index (χ0) is 9.56. The normalized spacial score (nSPS) is 12.5. The Bertz CT molecular complexity index is 164. The molecule has 0 rings (SSSR count). The van der Waals surface area contributed by atoms with Crippen LogP contribution in [0, 0.1) is 5.92 Å². The zero-order valence-electron chi connectivity index (χ0n) is 7.12. The van der Waals surface area contributed by atoms with Crippen LogP contribution in [0.1, 0.15) is 26.2 Å². The van der Waals surface area contributed by atoms with Gasteiger partial charge in [0.2, 0.25) is 0 Å². The van der Waals surface area contributed by atoms with E-state index in [-0.39, 0.29) is 12.4 Å². The highest BCUT2D eigenvalue weighted by molar-refractivity contribution is 5.75. The van der Waals surface area contributed by atoms with E-state index in [1.165, 1.54) is 6.92 Å². The van der Waals surface area contributed by atoms with Crippen LogP contribution in [0.25, 0.3) is 0 Å². The molecule has 12 heavy (non-hydrogen) atoms. The summed E-state index contributed by atoms with van der Waals surface area (Å²) in [5.41, 5.74) is 0. The minimum Gasteiger partial charge on any atom is -0.481 e. The number of hydrogen-bond acceptors (Lipinski definition) is 3. The van der Waals surface area contributed by atoms with Crippen molar-refractivity contribution in [3.63, 3.8) is 0 Å². The second-order valence-corrected chi connectivity index (χ2v) is 2.81. The Morgan fingerprint density at radius 1 is 1.42 bits per heavy atom. The summed E-state index contributed by atoms with van der Waals surface area (Å²) in [4.78, 5) is 20.8. The predicted molar refractivity (Wildman–Crippen MR) is 42.7 cm³/mol. The quantitative estimate of drug-likeness (QED) is 0.612. The molecular weight excluding hydrogens is 160 g/mol. The van der Waals surface area contributed by atoms with Gasteiger partial charge in [-0.3, -0.25) is 4.79 Å². The lowest BCUT2D eigenvalue weighted by Gasteiger charge is -2.06. The van der Waals surface area contributed by atoms with Gasteiger partial charge >= 0.3 is 5.97 Å². The Morgan fingerprint density at radius 3 is 2.33 bits per heavy atom. The first-order chi connectivity index (χ1) is 5.57. The van der Waals surface area contributed by atoms with Gasteiger partial charge in [0.05, 0.1) is 12.5 Å². The maximum atomic E-state index is 10.5. The van der Waals surface area contributed by atoms with Crippen molar-refractivity contribution in [2.24, 2.45) is 5.92 Å². The smallest absolute Gasteiger partial charge is 0.308 e. The molecule has 4 heteroatoms. The zero-order valence-corrected chi connectivity index (χ0v) is 7.12. The van der Waals surface area contributed by atoms with Crippen molar-refractivity contribution >= 4 is 11.8 Å². The van der Waals surface area contributed by atoms with Crippen LogP contribution < -0.4 is 0 Å². The van der Waals surface area contributed by atoms with Gasteiger partial charge in [-0.05, 0) is 19.8 Å². The summed E-state index contributed by atoms with van der Waals surface area (Å²) in [5, 5.41) is 17.1. The van der Waals surface area contributed by atoms with Crippen LogP contribution in [-0.4, -0.2) is 28.6 Å². The van der Waals surface area contributed by atoms with Crippen molar-refractivity contribution in [3.8, 4) is 0 Å². The number of aliphatic hydroxyl groups excluding tert-OH is 1. The van der Waals surface area contributed by atoms with Crippen LogP contribution in [-0.2, 0) is 9.59 Å². The van der Waals surface area contributed by atoms with E-state index >= 15 is 0 Å². The SMILES string of the molecule is CC(=O)CCC[C@H](CO)C(=O)O. The topological polar surface area (TPSA) is 74.6 Å². The molecule has 0 aliphatic heterocycles. The number of Topliss-reactive ketones (excluding diaryl/α,β-unsaturated/α-hetero) is 1. The molecule has 2 N–H and O–H groups in total. The fourth-order valence-corrected chi connectivity index (χ4v) is 0.890. The van der Waals surface area contributed by atoms with Crippen LogP contribution in [0.3, 0.4) is 0 Å². The van der Waals surface area contributed by atoms with Gasteiger partial charge < -0.3 is 15.0 Å². The summed E-state index contributed by atoms with van der Waals surface area (Å²) in [6, 6.07) is 0. The van der Waals surface area contributed by atoms with Gasteiger partial charge in [-0.15, -0.1) is 0 Å². The van der Waals surface area contributed by atoms with E-state index in [0.717, 1.165) is 0 Å². The minimum atomic E-state index is -0.999. The number of carboxylic acids is 1. The van der Waals surface area contributed by atoms with Crippen molar-refractivity contribution < 1.29 is 19.8 Å². The van der Waals surface area contributed by atoms with Crippen molar-refractivity contribution in [3.05, 3.63) is 0 Å². The van der Waals surface area contributed by atoms with Crippen LogP contribution in [0.2, 0.25) is 0 Å². The molecule has 0 fully saturated rings. The molecule has 0 spiro atoms. The summed E-state index contributed by atoms with van der Waals surface area (Å²) in [6.07, 6.45) is 1.29. The van der Waals surface area contributed by atoms with Gasteiger partial charge in [0, 0.05) is 6.42 Å². The molecule has 0 radical (unpaired) electrons. The van der Waals surface area contributed by atoms with Gasteiger partial charge in [0.15, 0.2) is 0 Å². The predicted octanol–water partition coefficient (Wildman–Crippen LogP) is 0.439. The van der Waals surface area contributed by atoms with Crippen molar-refractivity contribution in [1.82, 2.24) is 0 Å². The minimum absolute atomic E-state index is 0.0529. The van der Waals surface area contributed by atoms with Crippen LogP contribution in [0.4, 0.5) is 0 Å². The molecule has 0 aromatic heterocycles. The van der Waals surface area contributed by atoms with Gasteiger partial charge in [-0.25, -0.2) is 0 Å². The van der Waals surface area contributed by atoms with E-state index in [0.29, 0.717) is 19.3 Å². The molecule has 0 saturated carbocycles. The number of aliphatic hydroxyl groups is 1. The second kappa shape index (κ2) is 5.71. The molecule has 0 aliphatic rings. The average molecular weight is 174 g/mol. The highest BCUT2D eigenvalue weighted by atomic mass is 16.4. The lowest BCUT2D eigenvalue weighted by molar-refractivity contribution is -0.143. The average Bonchev–Trinajstić information content (AvgIpc) is 1.96. The fraction of sp³-hybridized carbons (Fsp3) is 0.750. The van der Waals surface area contributed by atoms with Crippen molar-refractivity contribution in [1.29, 1.82) is 0 Å². The third kappa shape index (κ3) is 4.85. The lowest BCUT2D eigenvalue weighted by Crippen LogP contribution is -2.17. The monoisotopic (exact) mass is 174 g/mol. The summed E-state index contributed by atoms with van der Waals surface area (Å²) in [6.45, 7) is 1.11. The number of aliphatic carboxylic acids is 1.